The zero-order chi connectivity index (χ0) is 14.7. The molecule has 2 N–H and O–H groups in total. The molecule has 1 fully saturated rings. The molecule has 1 unspecified atom stereocenters. The van der Waals surface area contributed by atoms with Crippen LogP contribution in [0.5, 0.6) is 0 Å². The summed E-state index contributed by atoms with van der Waals surface area (Å²) in [6.07, 6.45) is 1.49. The van der Waals surface area contributed by atoms with Crippen molar-refractivity contribution in [2.45, 2.75) is 18.9 Å². The Labute approximate surface area is 123 Å². The van der Waals surface area contributed by atoms with Gasteiger partial charge in [0, 0.05) is 25.2 Å². The number of nitrogens with zero attached hydrogens (tertiary/aromatic N) is 3. The molecule has 2 heterocycles. The molecule has 1 aromatic carbocycles. The van der Waals surface area contributed by atoms with Gasteiger partial charge < -0.3 is 19.9 Å². The second-order valence-electron chi connectivity index (χ2n) is 5.41. The number of hydrogen-bond acceptors (Lipinski definition) is 6. The van der Waals surface area contributed by atoms with Gasteiger partial charge >= 0.3 is 0 Å². The zero-order valence-corrected chi connectivity index (χ0v) is 12.2. The highest BCUT2D eigenvalue weighted by Crippen LogP contribution is 2.19. The summed E-state index contributed by atoms with van der Waals surface area (Å²) in [4.78, 5) is 6.65. The fourth-order valence-corrected chi connectivity index (χ4v) is 2.37. The summed E-state index contributed by atoms with van der Waals surface area (Å²) in [5, 5.41) is 4.04. The SMILES string of the molecule is CN1CCOC(c2noc(CCc3ccc(N)cc3)n2)C1. The molecule has 1 atom stereocenters. The minimum Gasteiger partial charge on any atom is -0.399 e. The number of benzene rings is 1. The molecule has 3 rings (SSSR count). The standard InChI is InChI=1S/C15H20N4O2/c1-19-8-9-20-13(10-19)15-17-14(21-18-15)7-4-11-2-5-12(16)6-3-11/h2-3,5-6,13H,4,7-10,16H2,1H3. The van der Waals surface area contributed by atoms with Gasteiger partial charge in [0.25, 0.3) is 0 Å². The summed E-state index contributed by atoms with van der Waals surface area (Å²) in [6.45, 7) is 2.45. The van der Waals surface area contributed by atoms with Gasteiger partial charge in [-0.2, -0.15) is 4.98 Å². The predicted molar refractivity (Wildman–Crippen MR) is 78.8 cm³/mol. The fourth-order valence-electron chi connectivity index (χ4n) is 2.37. The first kappa shape index (κ1) is 14.0. The lowest BCUT2D eigenvalue weighted by Crippen LogP contribution is -2.35. The minimum absolute atomic E-state index is 0.0854. The number of aromatic nitrogens is 2. The van der Waals surface area contributed by atoms with Crippen molar-refractivity contribution in [3.63, 3.8) is 0 Å². The molecule has 21 heavy (non-hydrogen) atoms. The minimum atomic E-state index is -0.0854. The Balaban J connectivity index is 1.58. The van der Waals surface area contributed by atoms with E-state index in [0.717, 1.165) is 31.6 Å². The number of ether oxygens (including phenoxy) is 1. The summed E-state index contributed by atoms with van der Waals surface area (Å²) in [5.74, 6) is 1.30. The van der Waals surface area contributed by atoms with E-state index in [1.807, 2.05) is 24.3 Å². The highest BCUT2D eigenvalue weighted by molar-refractivity contribution is 5.39. The first-order valence-corrected chi connectivity index (χ1v) is 7.18. The monoisotopic (exact) mass is 288 g/mol. The highest BCUT2D eigenvalue weighted by Gasteiger charge is 2.24. The van der Waals surface area contributed by atoms with E-state index in [9.17, 15) is 0 Å². The summed E-state index contributed by atoms with van der Waals surface area (Å²) < 4.78 is 11.0. The van der Waals surface area contributed by atoms with Gasteiger partial charge in [-0.3, -0.25) is 0 Å². The van der Waals surface area contributed by atoms with Crippen LogP contribution < -0.4 is 5.73 Å². The van der Waals surface area contributed by atoms with Crippen LogP contribution >= 0.6 is 0 Å². The Hall–Kier alpha value is -1.92. The van der Waals surface area contributed by atoms with E-state index in [4.69, 9.17) is 15.0 Å². The fraction of sp³-hybridized carbons (Fsp3) is 0.467. The highest BCUT2D eigenvalue weighted by atomic mass is 16.5. The van der Waals surface area contributed by atoms with Crippen molar-refractivity contribution < 1.29 is 9.26 Å². The summed E-state index contributed by atoms with van der Waals surface area (Å²) in [7, 11) is 2.07. The van der Waals surface area contributed by atoms with Crippen molar-refractivity contribution >= 4 is 5.69 Å². The number of likely N-dealkylation sites (N-methyl/N-ethyl adjacent to an activating group) is 1. The molecular weight excluding hydrogens is 268 g/mol. The van der Waals surface area contributed by atoms with Crippen molar-refractivity contribution in [3.05, 3.63) is 41.5 Å². The lowest BCUT2D eigenvalue weighted by molar-refractivity contribution is -0.0264. The van der Waals surface area contributed by atoms with E-state index in [1.54, 1.807) is 0 Å². The molecule has 2 aromatic rings. The van der Waals surface area contributed by atoms with Gasteiger partial charge in [0.2, 0.25) is 11.7 Å². The van der Waals surface area contributed by atoms with Crippen molar-refractivity contribution in [3.8, 4) is 0 Å². The average Bonchev–Trinajstić information content (AvgIpc) is 2.96. The van der Waals surface area contributed by atoms with Gasteiger partial charge in [0.1, 0.15) is 6.10 Å². The first-order chi connectivity index (χ1) is 10.2. The number of morpholine rings is 1. The molecule has 112 valence electrons. The molecule has 6 heteroatoms. The predicted octanol–water partition coefficient (Wildman–Crippen LogP) is 1.44. The maximum atomic E-state index is 5.68. The van der Waals surface area contributed by atoms with Gasteiger partial charge in [0.15, 0.2) is 0 Å². The van der Waals surface area contributed by atoms with Crippen LogP contribution in [0.25, 0.3) is 0 Å². The zero-order valence-electron chi connectivity index (χ0n) is 12.2. The van der Waals surface area contributed by atoms with E-state index in [2.05, 4.69) is 22.1 Å². The van der Waals surface area contributed by atoms with Crippen LogP contribution in [-0.4, -0.2) is 41.8 Å². The quantitative estimate of drug-likeness (QED) is 0.858. The molecule has 0 spiro atoms. The van der Waals surface area contributed by atoms with Crippen LogP contribution in [0.4, 0.5) is 5.69 Å². The van der Waals surface area contributed by atoms with Crippen LogP contribution in [0, 0.1) is 0 Å². The van der Waals surface area contributed by atoms with Gasteiger partial charge in [-0.15, -0.1) is 0 Å². The second-order valence-corrected chi connectivity index (χ2v) is 5.41. The number of anilines is 1. The molecule has 0 amide bonds. The van der Waals surface area contributed by atoms with Gasteiger partial charge in [0.05, 0.1) is 6.61 Å². The molecular formula is C15H20N4O2. The molecule has 0 aliphatic carbocycles. The average molecular weight is 288 g/mol. The smallest absolute Gasteiger partial charge is 0.227 e. The first-order valence-electron chi connectivity index (χ1n) is 7.18. The molecule has 0 radical (unpaired) electrons. The van der Waals surface area contributed by atoms with Crippen LogP contribution in [-0.2, 0) is 17.6 Å². The van der Waals surface area contributed by atoms with Crippen LogP contribution in [0.2, 0.25) is 0 Å². The van der Waals surface area contributed by atoms with Crippen LogP contribution in [0.1, 0.15) is 23.4 Å². The number of nitrogen functional groups attached to an aromatic ring is 1. The molecule has 1 aliphatic rings. The summed E-state index contributed by atoms with van der Waals surface area (Å²) in [5.41, 5.74) is 7.65. The maximum absolute atomic E-state index is 5.68. The van der Waals surface area contributed by atoms with Crippen molar-refractivity contribution in [1.29, 1.82) is 0 Å². The number of aryl methyl sites for hydroxylation is 2. The number of nitrogens with two attached hydrogens (primary N) is 1. The van der Waals surface area contributed by atoms with Crippen LogP contribution in [0.15, 0.2) is 28.8 Å². The normalized spacial score (nSPS) is 19.8. The Morgan fingerprint density at radius 1 is 1.29 bits per heavy atom. The topological polar surface area (TPSA) is 77.4 Å². The summed E-state index contributed by atoms with van der Waals surface area (Å²) in [6, 6.07) is 7.85. The Kier molecular flexibility index (Phi) is 4.17. The lowest BCUT2D eigenvalue weighted by Gasteiger charge is -2.27. The molecule has 0 saturated carbocycles. The Morgan fingerprint density at radius 2 is 2.10 bits per heavy atom. The number of rotatable bonds is 4. The summed E-state index contributed by atoms with van der Waals surface area (Å²) >= 11 is 0. The van der Waals surface area contributed by atoms with Crippen molar-refractivity contribution in [1.82, 2.24) is 15.0 Å². The molecule has 1 saturated heterocycles. The third-order valence-corrected chi connectivity index (χ3v) is 3.65. The van der Waals surface area contributed by atoms with Crippen molar-refractivity contribution in [2.24, 2.45) is 0 Å². The lowest BCUT2D eigenvalue weighted by atomic mass is 10.1. The molecule has 1 aromatic heterocycles. The third kappa shape index (κ3) is 3.59. The molecule has 1 aliphatic heterocycles. The molecule has 6 nitrogen and oxygen atoms in total. The van der Waals surface area contributed by atoms with E-state index < -0.39 is 0 Å². The van der Waals surface area contributed by atoms with E-state index in [-0.39, 0.29) is 6.10 Å². The second kappa shape index (κ2) is 6.24. The Morgan fingerprint density at radius 3 is 2.86 bits per heavy atom. The van der Waals surface area contributed by atoms with E-state index >= 15 is 0 Å². The van der Waals surface area contributed by atoms with Crippen LogP contribution in [0.3, 0.4) is 0 Å². The van der Waals surface area contributed by atoms with Gasteiger partial charge in [-0.25, -0.2) is 0 Å². The van der Waals surface area contributed by atoms with Gasteiger partial charge in [-0.1, -0.05) is 17.3 Å². The largest absolute Gasteiger partial charge is 0.399 e. The molecule has 0 bridgehead atoms. The van der Waals surface area contributed by atoms with E-state index in [1.165, 1.54) is 5.56 Å². The van der Waals surface area contributed by atoms with E-state index in [0.29, 0.717) is 18.3 Å². The number of hydrogen-bond donors (Lipinski definition) is 1. The van der Waals surface area contributed by atoms with Gasteiger partial charge in [-0.05, 0) is 31.2 Å². The van der Waals surface area contributed by atoms with Crippen molar-refractivity contribution in [2.75, 3.05) is 32.5 Å². The Bertz CT molecular complexity index is 582. The third-order valence-electron chi connectivity index (χ3n) is 3.65. The maximum Gasteiger partial charge on any atom is 0.227 e.